The van der Waals surface area contributed by atoms with E-state index in [1.165, 1.54) is 0 Å². The minimum Gasteiger partial charge on any atom is -0.320 e. The monoisotopic (exact) mass is 368 g/mol. The third kappa shape index (κ3) is 2.58. The lowest BCUT2D eigenvalue weighted by Crippen LogP contribution is -2.36. The first-order valence-electron chi connectivity index (χ1n) is 7.34. The molecule has 3 rings (SSSR count). The van der Waals surface area contributed by atoms with Crippen LogP contribution in [0.5, 0.6) is 0 Å². The maximum atomic E-state index is 13.9. The van der Waals surface area contributed by atoms with Gasteiger partial charge in [-0.1, -0.05) is 0 Å². The molecule has 0 unspecified atom stereocenters. The molecule has 2 aromatic rings. The van der Waals surface area contributed by atoms with Crippen LogP contribution in [0.25, 0.3) is 5.69 Å². The van der Waals surface area contributed by atoms with E-state index in [2.05, 4.69) is 0 Å². The Hall–Kier alpha value is -3.02. The van der Waals surface area contributed by atoms with E-state index < -0.39 is 53.7 Å². The van der Waals surface area contributed by atoms with Gasteiger partial charge in [-0.25, -0.2) is 4.39 Å². The lowest BCUT2D eigenvalue weighted by molar-refractivity contribution is -0.130. The van der Waals surface area contributed by atoms with Crippen LogP contribution in [0.15, 0.2) is 24.4 Å². The zero-order valence-electron chi connectivity index (χ0n) is 12.9. The van der Waals surface area contributed by atoms with E-state index in [1.54, 1.807) is 6.07 Å². The van der Waals surface area contributed by atoms with Gasteiger partial charge in [0.05, 0.1) is 16.7 Å². The predicted octanol–water partition coefficient (Wildman–Crippen LogP) is 3.54. The number of nitrogens with zero attached hydrogens (tertiary/aromatic N) is 2. The summed E-state index contributed by atoms with van der Waals surface area (Å²) in [7, 11) is 0. The maximum absolute atomic E-state index is 13.9. The Labute approximate surface area is 143 Å². The number of Topliss-reactive ketones (excluding diaryl/α,β-unsaturated/α-hetero) is 1. The average Bonchev–Trinajstić information content (AvgIpc) is 2.99. The molecule has 0 amide bonds. The molecular weight excluding hydrogens is 359 g/mol. The minimum absolute atomic E-state index is 0.0326. The summed E-state index contributed by atoms with van der Waals surface area (Å²) in [6, 6.07) is 4.68. The van der Waals surface area contributed by atoms with Gasteiger partial charge < -0.3 is 4.57 Å². The highest BCUT2D eigenvalue weighted by atomic mass is 19.3. The molecule has 1 aromatic heterocycles. The van der Waals surface area contributed by atoms with Crippen molar-refractivity contribution in [2.45, 2.75) is 24.7 Å². The minimum atomic E-state index is -4.16. The number of carbonyl (C=O) groups is 2. The van der Waals surface area contributed by atoms with Crippen LogP contribution in [-0.2, 0) is 17.1 Å². The fraction of sp³-hybridized carbons (Fsp3) is 0.235. The molecule has 134 valence electrons. The molecule has 0 bridgehead atoms. The highest BCUT2D eigenvalue weighted by molar-refractivity contribution is 6.05. The van der Waals surface area contributed by atoms with Crippen molar-refractivity contribution in [3.8, 4) is 11.8 Å². The normalized spacial score (nSPS) is 16.1. The lowest BCUT2D eigenvalue weighted by Gasteiger charge is -2.23. The van der Waals surface area contributed by atoms with Crippen LogP contribution < -0.4 is 0 Å². The molecule has 4 nitrogen and oxygen atoms in total. The van der Waals surface area contributed by atoms with Gasteiger partial charge in [0.2, 0.25) is 5.78 Å². The Morgan fingerprint density at radius 3 is 2.62 bits per heavy atom. The number of aldehydes is 1. The first-order chi connectivity index (χ1) is 12.1. The molecule has 0 N–H and O–H groups in total. The van der Waals surface area contributed by atoms with Gasteiger partial charge in [0.25, 0.3) is 0 Å². The summed E-state index contributed by atoms with van der Waals surface area (Å²) < 4.78 is 69.9. The Balaban J connectivity index is 2.30. The van der Waals surface area contributed by atoms with Crippen molar-refractivity contribution in [3.63, 3.8) is 0 Å². The van der Waals surface area contributed by atoms with Crippen molar-refractivity contribution in [1.82, 2.24) is 4.57 Å². The number of benzene rings is 1. The van der Waals surface area contributed by atoms with Crippen LogP contribution in [0.3, 0.4) is 0 Å². The fourth-order valence-corrected chi connectivity index (χ4v) is 2.91. The largest absolute Gasteiger partial charge is 0.329 e. The van der Waals surface area contributed by atoms with Crippen LogP contribution in [0, 0.1) is 17.1 Å². The molecule has 9 heteroatoms. The molecule has 0 aliphatic heterocycles. The Kier molecular flexibility index (Phi) is 3.94. The van der Waals surface area contributed by atoms with E-state index in [1.807, 2.05) is 0 Å². The Morgan fingerprint density at radius 1 is 1.31 bits per heavy atom. The van der Waals surface area contributed by atoms with Crippen LogP contribution in [0.2, 0.25) is 0 Å². The van der Waals surface area contributed by atoms with Crippen molar-refractivity contribution in [2.75, 3.05) is 0 Å². The zero-order chi connectivity index (χ0) is 19.3. The van der Waals surface area contributed by atoms with Crippen LogP contribution >= 0.6 is 0 Å². The zero-order valence-corrected chi connectivity index (χ0v) is 12.9. The highest BCUT2D eigenvalue weighted by Gasteiger charge is 2.50. The molecule has 26 heavy (non-hydrogen) atoms. The number of hydrogen-bond acceptors (Lipinski definition) is 3. The topological polar surface area (TPSA) is 62.9 Å². The van der Waals surface area contributed by atoms with Gasteiger partial charge in [0, 0.05) is 24.0 Å². The van der Waals surface area contributed by atoms with Gasteiger partial charge in [-0.3, -0.25) is 9.59 Å². The van der Waals surface area contributed by atoms with E-state index in [4.69, 9.17) is 5.26 Å². The number of hydrogen-bond donors (Lipinski definition) is 0. The number of alkyl halides is 4. The van der Waals surface area contributed by atoms with E-state index in [0.29, 0.717) is 6.20 Å². The van der Waals surface area contributed by atoms with Crippen LogP contribution in [-0.4, -0.2) is 22.6 Å². The molecule has 1 heterocycles. The third-order valence-electron chi connectivity index (χ3n) is 4.20. The molecule has 0 spiro atoms. The van der Waals surface area contributed by atoms with Gasteiger partial charge in [-0.15, -0.1) is 0 Å². The molecule has 0 radical (unpaired) electrons. The third-order valence-corrected chi connectivity index (χ3v) is 4.20. The Morgan fingerprint density at radius 2 is 2.00 bits per heavy atom. The molecule has 0 saturated carbocycles. The molecule has 1 aliphatic carbocycles. The smallest absolute Gasteiger partial charge is 0.320 e. The second-order valence-electron chi connectivity index (χ2n) is 5.78. The first kappa shape index (κ1) is 17.8. The second-order valence-corrected chi connectivity index (χ2v) is 5.78. The van der Waals surface area contributed by atoms with Crippen molar-refractivity contribution in [3.05, 3.63) is 52.6 Å². The quantitative estimate of drug-likeness (QED) is 0.615. The van der Waals surface area contributed by atoms with E-state index in [-0.39, 0.29) is 16.9 Å². The van der Waals surface area contributed by atoms with Crippen molar-refractivity contribution in [1.29, 1.82) is 5.26 Å². The molecule has 0 atom stereocenters. The molecule has 1 aliphatic rings. The first-order valence-corrected chi connectivity index (χ1v) is 7.34. The number of aromatic nitrogens is 1. The molecule has 1 aromatic carbocycles. The summed E-state index contributed by atoms with van der Waals surface area (Å²) in [5.41, 5.74) is -2.56. The summed E-state index contributed by atoms with van der Waals surface area (Å²) in [4.78, 5) is 22.7. The fourth-order valence-electron chi connectivity index (χ4n) is 2.91. The summed E-state index contributed by atoms with van der Waals surface area (Å²) in [6.07, 6.45) is -1.34. The highest BCUT2D eigenvalue weighted by Crippen LogP contribution is 2.41. The average molecular weight is 368 g/mol. The van der Waals surface area contributed by atoms with E-state index >= 15 is 0 Å². The van der Waals surface area contributed by atoms with Gasteiger partial charge >= 0.3 is 11.8 Å². The standard InChI is InChI=1S/C17H9F5N2O2/c18-12-2-1-10(5-9(12)6-23)24-7-11(17(21,22)8-25)14-13(24)3-4-16(19,20)15(14)26/h1-2,5,7-8H,3-4H2. The number of fused-ring (bicyclic) bond motifs is 1. The van der Waals surface area contributed by atoms with Crippen molar-refractivity contribution < 1.29 is 31.5 Å². The van der Waals surface area contributed by atoms with Crippen molar-refractivity contribution >= 4 is 12.1 Å². The molecular formula is C17H9F5N2O2. The SMILES string of the molecule is N#Cc1cc(-n2cc(C(F)(F)C=O)c3c2CCC(F)(F)C3=O)ccc1F. The van der Waals surface area contributed by atoms with Crippen LogP contribution in [0.1, 0.15) is 33.6 Å². The number of halogens is 5. The number of carbonyl (C=O) groups excluding carboxylic acids is 2. The van der Waals surface area contributed by atoms with Gasteiger partial charge in [-0.05, 0) is 24.6 Å². The summed E-state index contributed by atoms with van der Waals surface area (Å²) in [5, 5.41) is 8.89. The van der Waals surface area contributed by atoms with E-state index in [9.17, 15) is 31.5 Å². The molecule has 0 saturated heterocycles. The maximum Gasteiger partial charge on any atom is 0.329 e. The second kappa shape index (κ2) is 5.76. The Bertz CT molecular complexity index is 972. The van der Waals surface area contributed by atoms with Crippen LogP contribution in [0.4, 0.5) is 22.0 Å². The predicted molar refractivity (Wildman–Crippen MR) is 78.0 cm³/mol. The number of rotatable bonds is 3. The number of ketones is 1. The van der Waals surface area contributed by atoms with E-state index in [0.717, 1.165) is 22.8 Å². The molecule has 0 fully saturated rings. The van der Waals surface area contributed by atoms with Gasteiger partial charge in [0.15, 0.2) is 6.29 Å². The summed E-state index contributed by atoms with van der Waals surface area (Å²) in [6.45, 7) is 0. The van der Waals surface area contributed by atoms with Gasteiger partial charge in [0.1, 0.15) is 11.9 Å². The summed E-state index contributed by atoms with van der Waals surface area (Å²) >= 11 is 0. The van der Waals surface area contributed by atoms with Gasteiger partial charge in [-0.2, -0.15) is 22.8 Å². The summed E-state index contributed by atoms with van der Waals surface area (Å²) in [5.74, 6) is -10.6. The lowest BCUT2D eigenvalue weighted by atomic mass is 9.89. The van der Waals surface area contributed by atoms with Crippen molar-refractivity contribution in [2.24, 2.45) is 0 Å². The number of nitriles is 1.